The molecule has 2 unspecified atom stereocenters. The monoisotopic (exact) mass is 268 g/mol. The number of carbonyl (C=O) groups excluding carboxylic acids is 2. The quantitative estimate of drug-likeness (QED) is 0.680. The van der Waals surface area contributed by atoms with E-state index >= 15 is 0 Å². The molecule has 2 rings (SSSR count). The molecule has 2 heterocycles. The maximum absolute atomic E-state index is 12.5. The van der Waals surface area contributed by atoms with E-state index in [2.05, 4.69) is 0 Å². The van der Waals surface area contributed by atoms with Gasteiger partial charge in [0, 0.05) is 26.2 Å². The van der Waals surface area contributed by atoms with Crippen molar-refractivity contribution in [3.05, 3.63) is 0 Å². The normalized spacial score (nSPS) is 28.1. The van der Waals surface area contributed by atoms with Crippen LogP contribution in [0.1, 0.15) is 32.6 Å². The van der Waals surface area contributed by atoms with E-state index in [9.17, 15) is 9.59 Å². The van der Waals surface area contributed by atoms with E-state index in [1.165, 1.54) is 20.0 Å². The zero-order valence-corrected chi connectivity index (χ0v) is 11.9. The molecule has 5 nitrogen and oxygen atoms in total. The molecule has 2 aliphatic heterocycles. The van der Waals surface area contributed by atoms with Crippen LogP contribution in [0.5, 0.6) is 0 Å². The standard InChI is InChI=1S/C14H24N2O3/c1-11-9-16(10-12(11)13(17)19-2)14(18)15-7-5-3-4-6-8-15/h11-12H,3-10H2,1-2H3. The molecule has 2 amide bonds. The predicted molar refractivity (Wildman–Crippen MR) is 71.7 cm³/mol. The molecule has 0 aromatic carbocycles. The lowest BCUT2D eigenvalue weighted by molar-refractivity contribution is -0.146. The molecule has 5 heteroatoms. The number of nitrogens with zero attached hydrogens (tertiary/aromatic N) is 2. The van der Waals surface area contributed by atoms with Gasteiger partial charge in [-0.05, 0) is 18.8 Å². The lowest BCUT2D eigenvalue weighted by Gasteiger charge is -2.26. The Kier molecular flexibility index (Phi) is 4.66. The van der Waals surface area contributed by atoms with Crippen molar-refractivity contribution < 1.29 is 14.3 Å². The average Bonchev–Trinajstić information content (AvgIpc) is 2.65. The number of carbonyl (C=O) groups is 2. The van der Waals surface area contributed by atoms with Crippen LogP contribution in [0.15, 0.2) is 0 Å². The minimum absolute atomic E-state index is 0.0974. The highest BCUT2D eigenvalue weighted by Gasteiger charge is 2.38. The molecule has 0 spiro atoms. The van der Waals surface area contributed by atoms with E-state index in [1.807, 2.05) is 16.7 Å². The highest BCUT2D eigenvalue weighted by Crippen LogP contribution is 2.25. The van der Waals surface area contributed by atoms with Gasteiger partial charge in [0.05, 0.1) is 13.0 Å². The summed E-state index contributed by atoms with van der Waals surface area (Å²) in [6.07, 6.45) is 4.61. The number of ether oxygens (including phenoxy) is 1. The van der Waals surface area contributed by atoms with Crippen LogP contribution in [0.4, 0.5) is 4.79 Å². The molecule has 2 atom stereocenters. The lowest BCUT2D eigenvalue weighted by Crippen LogP contribution is -2.43. The summed E-state index contributed by atoms with van der Waals surface area (Å²) in [5.74, 6) is -0.178. The van der Waals surface area contributed by atoms with E-state index in [0.717, 1.165) is 25.9 Å². The first-order valence-electron chi connectivity index (χ1n) is 7.25. The van der Waals surface area contributed by atoms with Crippen molar-refractivity contribution in [1.82, 2.24) is 9.80 Å². The summed E-state index contributed by atoms with van der Waals surface area (Å²) in [7, 11) is 1.41. The van der Waals surface area contributed by atoms with E-state index in [4.69, 9.17) is 4.74 Å². The van der Waals surface area contributed by atoms with Crippen LogP contribution in [0, 0.1) is 11.8 Å². The molecule has 108 valence electrons. The Labute approximate surface area is 114 Å². The summed E-state index contributed by atoms with van der Waals surface area (Å²) in [5, 5.41) is 0. The summed E-state index contributed by atoms with van der Waals surface area (Å²) < 4.78 is 4.81. The topological polar surface area (TPSA) is 49.9 Å². The minimum Gasteiger partial charge on any atom is -0.469 e. The minimum atomic E-state index is -0.196. The zero-order valence-electron chi connectivity index (χ0n) is 11.9. The zero-order chi connectivity index (χ0) is 13.8. The summed E-state index contributed by atoms with van der Waals surface area (Å²) in [6, 6.07) is 0.0974. The molecule has 2 fully saturated rings. The fraction of sp³-hybridized carbons (Fsp3) is 0.857. The molecule has 0 aliphatic carbocycles. The van der Waals surface area contributed by atoms with Crippen LogP contribution in [-0.2, 0) is 9.53 Å². The van der Waals surface area contributed by atoms with Gasteiger partial charge in [0.1, 0.15) is 0 Å². The first-order chi connectivity index (χ1) is 9.13. The van der Waals surface area contributed by atoms with Gasteiger partial charge in [-0.2, -0.15) is 0 Å². The maximum atomic E-state index is 12.5. The van der Waals surface area contributed by atoms with Crippen molar-refractivity contribution >= 4 is 12.0 Å². The number of urea groups is 1. The lowest BCUT2D eigenvalue weighted by atomic mass is 9.99. The Morgan fingerprint density at radius 2 is 1.63 bits per heavy atom. The second kappa shape index (κ2) is 6.26. The number of likely N-dealkylation sites (tertiary alicyclic amines) is 2. The summed E-state index contributed by atoms with van der Waals surface area (Å²) in [4.78, 5) is 27.9. The van der Waals surface area contributed by atoms with E-state index in [0.29, 0.717) is 13.1 Å². The molecule has 0 saturated carbocycles. The van der Waals surface area contributed by atoms with Gasteiger partial charge in [0.25, 0.3) is 0 Å². The molecule has 0 bridgehead atoms. The van der Waals surface area contributed by atoms with E-state index in [1.54, 1.807) is 0 Å². The van der Waals surface area contributed by atoms with Crippen molar-refractivity contribution in [3.8, 4) is 0 Å². The Hall–Kier alpha value is -1.26. The van der Waals surface area contributed by atoms with Crippen LogP contribution in [0.2, 0.25) is 0 Å². The largest absolute Gasteiger partial charge is 0.469 e. The predicted octanol–water partition coefficient (Wildman–Crippen LogP) is 1.72. The molecule has 2 aliphatic rings. The van der Waals surface area contributed by atoms with Gasteiger partial charge in [-0.25, -0.2) is 4.79 Å². The number of hydrogen-bond acceptors (Lipinski definition) is 3. The molecule has 2 saturated heterocycles. The van der Waals surface area contributed by atoms with Gasteiger partial charge in [-0.15, -0.1) is 0 Å². The third-order valence-corrected chi connectivity index (χ3v) is 4.26. The Morgan fingerprint density at radius 1 is 1.00 bits per heavy atom. The van der Waals surface area contributed by atoms with Gasteiger partial charge in [0.15, 0.2) is 0 Å². The first kappa shape index (κ1) is 14.2. The SMILES string of the molecule is COC(=O)C1CN(C(=O)N2CCCCCC2)CC1C. The number of rotatable bonds is 1. The van der Waals surface area contributed by atoms with Crippen LogP contribution >= 0.6 is 0 Å². The molecular weight excluding hydrogens is 244 g/mol. The summed E-state index contributed by atoms with van der Waals surface area (Å²) in [6.45, 7) is 4.88. The highest BCUT2D eigenvalue weighted by molar-refractivity contribution is 5.78. The summed E-state index contributed by atoms with van der Waals surface area (Å²) >= 11 is 0. The van der Waals surface area contributed by atoms with Crippen molar-refractivity contribution in [2.45, 2.75) is 32.6 Å². The van der Waals surface area contributed by atoms with Crippen LogP contribution in [0.25, 0.3) is 0 Å². The maximum Gasteiger partial charge on any atom is 0.320 e. The third-order valence-electron chi connectivity index (χ3n) is 4.26. The molecule has 0 radical (unpaired) electrons. The number of hydrogen-bond donors (Lipinski definition) is 0. The second-order valence-electron chi connectivity index (χ2n) is 5.70. The Balaban J connectivity index is 1.95. The number of methoxy groups -OCH3 is 1. The van der Waals surface area contributed by atoms with Gasteiger partial charge in [-0.3, -0.25) is 4.79 Å². The van der Waals surface area contributed by atoms with Crippen LogP contribution in [-0.4, -0.2) is 55.1 Å². The van der Waals surface area contributed by atoms with Crippen molar-refractivity contribution in [1.29, 1.82) is 0 Å². The molecule has 19 heavy (non-hydrogen) atoms. The van der Waals surface area contributed by atoms with E-state index in [-0.39, 0.29) is 23.8 Å². The summed E-state index contributed by atoms with van der Waals surface area (Å²) in [5.41, 5.74) is 0. The number of amides is 2. The second-order valence-corrected chi connectivity index (χ2v) is 5.70. The van der Waals surface area contributed by atoms with Crippen LogP contribution in [0.3, 0.4) is 0 Å². The molecule has 0 aromatic heterocycles. The van der Waals surface area contributed by atoms with Crippen molar-refractivity contribution in [3.63, 3.8) is 0 Å². The average molecular weight is 268 g/mol. The van der Waals surface area contributed by atoms with Gasteiger partial charge in [-0.1, -0.05) is 19.8 Å². The first-order valence-corrected chi connectivity index (χ1v) is 7.25. The molecular formula is C14H24N2O3. The van der Waals surface area contributed by atoms with Gasteiger partial charge in [0.2, 0.25) is 0 Å². The fourth-order valence-corrected chi connectivity index (χ4v) is 3.04. The smallest absolute Gasteiger partial charge is 0.320 e. The van der Waals surface area contributed by atoms with Gasteiger partial charge >= 0.3 is 12.0 Å². The highest BCUT2D eigenvalue weighted by atomic mass is 16.5. The Bertz CT molecular complexity index is 338. The fourth-order valence-electron chi connectivity index (χ4n) is 3.04. The van der Waals surface area contributed by atoms with Crippen LogP contribution < -0.4 is 0 Å². The third kappa shape index (κ3) is 3.19. The van der Waals surface area contributed by atoms with Crippen molar-refractivity contribution in [2.24, 2.45) is 11.8 Å². The van der Waals surface area contributed by atoms with E-state index < -0.39 is 0 Å². The van der Waals surface area contributed by atoms with Gasteiger partial charge < -0.3 is 14.5 Å². The molecule has 0 aromatic rings. The molecule has 0 N–H and O–H groups in total. The number of esters is 1. The Morgan fingerprint density at radius 3 is 2.21 bits per heavy atom. The van der Waals surface area contributed by atoms with Crippen molar-refractivity contribution in [2.75, 3.05) is 33.3 Å².